The predicted molar refractivity (Wildman–Crippen MR) is 82.8 cm³/mol. The molecule has 0 saturated carbocycles. The summed E-state index contributed by atoms with van der Waals surface area (Å²) >= 11 is 1.47. The van der Waals surface area contributed by atoms with Gasteiger partial charge in [-0.2, -0.15) is 4.99 Å². The number of amides is 1. The highest BCUT2D eigenvalue weighted by atomic mass is 32.1. The largest absolute Gasteiger partial charge is 0.383 e. The third-order valence-corrected chi connectivity index (χ3v) is 4.24. The van der Waals surface area contributed by atoms with Crippen LogP contribution in [0.4, 0.5) is 0 Å². The Kier molecular flexibility index (Phi) is 4.17. The van der Waals surface area contributed by atoms with E-state index in [4.69, 9.17) is 9.26 Å². The molecule has 22 heavy (non-hydrogen) atoms. The first-order valence-corrected chi connectivity index (χ1v) is 7.59. The van der Waals surface area contributed by atoms with Crippen LogP contribution < -0.4 is 4.80 Å². The van der Waals surface area contributed by atoms with Crippen LogP contribution >= 0.6 is 11.3 Å². The Hall–Kier alpha value is -2.25. The van der Waals surface area contributed by atoms with E-state index in [1.54, 1.807) is 7.11 Å². The minimum Gasteiger partial charge on any atom is -0.383 e. The highest BCUT2D eigenvalue weighted by Crippen LogP contribution is 2.19. The summed E-state index contributed by atoms with van der Waals surface area (Å²) in [4.78, 5) is 16.9. The second kappa shape index (κ2) is 6.25. The Morgan fingerprint density at radius 3 is 3.05 bits per heavy atom. The van der Waals surface area contributed by atoms with Gasteiger partial charge in [-0.05, 0) is 24.6 Å². The summed E-state index contributed by atoms with van der Waals surface area (Å²) in [5, 5.41) is 3.53. The van der Waals surface area contributed by atoms with E-state index in [2.05, 4.69) is 16.2 Å². The molecule has 0 N–H and O–H groups in total. The minimum atomic E-state index is -0.438. The monoisotopic (exact) mass is 317 g/mol. The molecule has 0 aliphatic rings. The van der Waals surface area contributed by atoms with Gasteiger partial charge in [-0.3, -0.25) is 4.79 Å². The fraction of sp³-hybridized carbons (Fsp3) is 0.267. The van der Waals surface area contributed by atoms with Crippen LogP contribution in [0.3, 0.4) is 0 Å². The first kappa shape index (κ1) is 14.7. The fourth-order valence-electron chi connectivity index (χ4n) is 2.13. The first-order chi connectivity index (χ1) is 10.7. The number of methoxy groups -OCH3 is 1. The van der Waals surface area contributed by atoms with E-state index in [0.29, 0.717) is 18.0 Å². The summed E-state index contributed by atoms with van der Waals surface area (Å²) in [5.41, 5.74) is 2.21. The lowest BCUT2D eigenvalue weighted by Gasteiger charge is -2.04. The molecule has 0 unspecified atom stereocenters. The van der Waals surface area contributed by atoms with E-state index in [9.17, 15) is 4.79 Å². The average Bonchev–Trinajstić information content (AvgIpc) is 3.12. The number of hydrogen-bond donors (Lipinski definition) is 0. The number of aryl methyl sites for hydroxylation is 1. The molecule has 1 aromatic carbocycles. The van der Waals surface area contributed by atoms with Crippen molar-refractivity contribution in [1.82, 2.24) is 9.72 Å². The van der Waals surface area contributed by atoms with Crippen molar-refractivity contribution in [2.45, 2.75) is 13.5 Å². The normalized spacial score (nSPS) is 12.2. The Morgan fingerprint density at radius 2 is 2.32 bits per heavy atom. The molecule has 0 spiro atoms. The van der Waals surface area contributed by atoms with Gasteiger partial charge < -0.3 is 13.8 Å². The van der Waals surface area contributed by atoms with Crippen molar-refractivity contribution in [2.75, 3.05) is 13.7 Å². The second-order valence-electron chi connectivity index (χ2n) is 4.79. The second-order valence-corrected chi connectivity index (χ2v) is 5.80. The van der Waals surface area contributed by atoms with Gasteiger partial charge in [-0.1, -0.05) is 22.6 Å². The Labute approximate surface area is 130 Å². The number of benzene rings is 1. The molecule has 2 aromatic heterocycles. The molecule has 6 nitrogen and oxygen atoms in total. The van der Waals surface area contributed by atoms with Gasteiger partial charge in [0.15, 0.2) is 4.80 Å². The van der Waals surface area contributed by atoms with E-state index in [1.807, 2.05) is 23.6 Å². The van der Waals surface area contributed by atoms with Gasteiger partial charge in [0.05, 0.1) is 23.0 Å². The molecule has 1 amide bonds. The maximum atomic E-state index is 12.1. The molecule has 2 heterocycles. The molecule has 114 valence electrons. The number of hydrogen-bond acceptors (Lipinski definition) is 5. The number of ether oxygens (including phenoxy) is 1. The number of aromatic nitrogens is 2. The van der Waals surface area contributed by atoms with Crippen LogP contribution in [-0.4, -0.2) is 29.3 Å². The molecular formula is C15H15N3O3S. The van der Waals surface area contributed by atoms with E-state index in [0.717, 1.165) is 10.2 Å². The molecule has 7 heteroatoms. The predicted octanol–water partition coefficient (Wildman–Crippen LogP) is 2.39. The lowest BCUT2D eigenvalue weighted by molar-refractivity contribution is 0.0962. The number of rotatable bonds is 4. The molecule has 0 bridgehead atoms. The van der Waals surface area contributed by atoms with Crippen molar-refractivity contribution < 1.29 is 14.1 Å². The molecule has 3 rings (SSSR count). The van der Waals surface area contributed by atoms with Gasteiger partial charge in [-0.15, -0.1) is 0 Å². The summed E-state index contributed by atoms with van der Waals surface area (Å²) in [6.45, 7) is 3.21. The van der Waals surface area contributed by atoms with Crippen molar-refractivity contribution in [1.29, 1.82) is 0 Å². The topological polar surface area (TPSA) is 69.6 Å². The van der Waals surface area contributed by atoms with Gasteiger partial charge in [-0.25, -0.2) is 0 Å². The van der Waals surface area contributed by atoms with Crippen molar-refractivity contribution >= 4 is 27.5 Å². The van der Waals surface area contributed by atoms with Crippen molar-refractivity contribution in [3.8, 4) is 0 Å². The average molecular weight is 317 g/mol. The molecule has 0 atom stereocenters. The lowest BCUT2D eigenvalue weighted by Crippen LogP contribution is -2.19. The maximum absolute atomic E-state index is 12.1. The summed E-state index contributed by atoms with van der Waals surface area (Å²) in [6.07, 6.45) is 1.43. The smallest absolute Gasteiger partial charge is 0.318 e. The number of nitrogens with zero attached hydrogens (tertiary/aromatic N) is 3. The summed E-state index contributed by atoms with van der Waals surface area (Å²) in [7, 11) is 1.65. The van der Waals surface area contributed by atoms with Crippen LogP contribution in [0, 0.1) is 6.92 Å². The van der Waals surface area contributed by atoms with E-state index >= 15 is 0 Å². The van der Waals surface area contributed by atoms with Crippen LogP contribution in [0.15, 0.2) is 40.0 Å². The molecule has 0 aliphatic carbocycles. The van der Waals surface area contributed by atoms with E-state index < -0.39 is 5.91 Å². The summed E-state index contributed by atoms with van der Waals surface area (Å²) in [5.74, 6) is -0.307. The number of fused-ring (bicyclic) bond motifs is 1. The van der Waals surface area contributed by atoms with Crippen LogP contribution in [0.5, 0.6) is 0 Å². The third kappa shape index (κ3) is 2.86. The van der Waals surface area contributed by atoms with Crippen LogP contribution in [-0.2, 0) is 11.3 Å². The number of carbonyl (C=O) groups is 1. The van der Waals surface area contributed by atoms with Crippen molar-refractivity contribution in [3.05, 3.63) is 46.6 Å². The molecule has 3 aromatic rings. The van der Waals surface area contributed by atoms with Crippen LogP contribution in [0.2, 0.25) is 0 Å². The molecule has 0 saturated heterocycles. The third-order valence-electron chi connectivity index (χ3n) is 3.20. The maximum Gasteiger partial charge on any atom is 0.318 e. The standard InChI is InChI=1S/C15H15N3O3S/c1-10-3-4-11-13(9-10)22-15(18(11)7-8-20-2)17-14(19)12-5-6-16-21-12/h3-6,9H,7-8H2,1-2H3. The van der Waals surface area contributed by atoms with Crippen LogP contribution in [0.25, 0.3) is 10.2 Å². The zero-order valence-electron chi connectivity index (χ0n) is 12.3. The van der Waals surface area contributed by atoms with Gasteiger partial charge >= 0.3 is 5.91 Å². The van der Waals surface area contributed by atoms with Crippen LogP contribution in [0.1, 0.15) is 16.1 Å². The minimum absolute atomic E-state index is 0.131. The highest BCUT2D eigenvalue weighted by molar-refractivity contribution is 7.16. The number of carbonyl (C=O) groups excluding carboxylic acids is 1. The number of thiazole rings is 1. The first-order valence-electron chi connectivity index (χ1n) is 6.77. The molecule has 0 fully saturated rings. The SMILES string of the molecule is COCCn1c(=NC(=O)c2ccno2)sc2cc(C)ccc21. The fourth-order valence-corrected chi connectivity index (χ4v) is 3.29. The zero-order valence-corrected chi connectivity index (χ0v) is 13.1. The quantitative estimate of drug-likeness (QED) is 0.741. The molecular weight excluding hydrogens is 302 g/mol. The van der Waals surface area contributed by atoms with Gasteiger partial charge in [0.2, 0.25) is 5.76 Å². The van der Waals surface area contributed by atoms with Gasteiger partial charge in [0.1, 0.15) is 0 Å². The summed E-state index contributed by atoms with van der Waals surface area (Å²) in [6, 6.07) is 7.67. The molecule has 0 aliphatic heterocycles. The zero-order chi connectivity index (χ0) is 15.5. The highest BCUT2D eigenvalue weighted by Gasteiger charge is 2.11. The Morgan fingerprint density at radius 1 is 1.45 bits per heavy atom. The Bertz CT molecular complexity index is 862. The lowest BCUT2D eigenvalue weighted by atomic mass is 10.2. The summed E-state index contributed by atoms with van der Waals surface area (Å²) < 4.78 is 13.1. The van der Waals surface area contributed by atoms with Crippen molar-refractivity contribution in [3.63, 3.8) is 0 Å². The van der Waals surface area contributed by atoms with Crippen molar-refractivity contribution in [2.24, 2.45) is 4.99 Å². The van der Waals surface area contributed by atoms with Gasteiger partial charge in [0, 0.05) is 19.7 Å². The van der Waals surface area contributed by atoms with E-state index in [-0.39, 0.29) is 5.76 Å². The van der Waals surface area contributed by atoms with Gasteiger partial charge in [0.25, 0.3) is 0 Å². The molecule has 0 radical (unpaired) electrons. The van der Waals surface area contributed by atoms with E-state index in [1.165, 1.54) is 29.2 Å². The Balaban J connectivity index is 2.12.